The van der Waals surface area contributed by atoms with Gasteiger partial charge in [-0.1, -0.05) is 30.3 Å². The molecule has 1 saturated heterocycles. The van der Waals surface area contributed by atoms with E-state index in [9.17, 15) is 9.18 Å². The third kappa shape index (κ3) is 3.70. The van der Waals surface area contributed by atoms with Gasteiger partial charge in [0.25, 0.3) is 5.91 Å². The minimum atomic E-state index is -0.274. The van der Waals surface area contributed by atoms with Crippen molar-refractivity contribution in [2.24, 2.45) is 0 Å². The van der Waals surface area contributed by atoms with Gasteiger partial charge >= 0.3 is 0 Å². The molecule has 1 aliphatic heterocycles. The Hall–Kier alpha value is -3.48. The van der Waals surface area contributed by atoms with Gasteiger partial charge < -0.3 is 14.4 Å². The van der Waals surface area contributed by atoms with Crippen LogP contribution in [-0.2, 0) is 0 Å². The second-order valence-electron chi connectivity index (χ2n) is 7.07. The van der Waals surface area contributed by atoms with Crippen molar-refractivity contribution in [1.29, 1.82) is 0 Å². The number of likely N-dealkylation sites (tertiary alicyclic amines) is 1. The van der Waals surface area contributed by atoms with Gasteiger partial charge in [-0.25, -0.2) is 4.39 Å². The molecule has 0 aliphatic carbocycles. The number of benzene rings is 2. The quantitative estimate of drug-likeness (QED) is 0.632. The summed E-state index contributed by atoms with van der Waals surface area (Å²) in [5.41, 5.74) is 2.66. The topological polar surface area (TPSA) is 64.5 Å². The number of hydrogen-bond acceptors (Lipinski definition) is 5. The fraction of sp³-hybridized carbons (Fsp3) is 0.261. The Kier molecular flexibility index (Phi) is 5.61. The molecule has 30 heavy (non-hydrogen) atoms. The van der Waals surface area contributed by atoms with Crippen molar-refractivity contribution in [1.82, 2.24) is 15.1 Å². The maximum absolute atomic E-state index is 14.3. The summed E-state index contributed by atoms with van der Waals surface area (Å²) in [5, 5.41) is 7.92. The summed E-state index contributed by atoms with van der Waals surface area (Å²) < 4.78 is 24.7. The Morgan fingerprint density at radius 2 is 1.83 bits per heavy atom. The third-order valence-corrected chi connectivity index (χ3v) is 5.36. The van der Waals surface area contributed by atoms with Gasteiger partial charge in [0.2, 0.25) is 11.8 Å². The zero-order chi connectivity index (χ0) is 21.1. The van der Waals surface area contributed by atoms with Crippen LogP contribution in [0.5, 0.6) is 11.8 Å². The average molecular weight is 407 g/mol. The molecular weight excluding hydrogens is 385 g/mol. The summed E-state index contributed by atoms with van der Waals surface area (Å²) in [4.78, 5) is 14.9. The minimum absolute atomic E-state index is 0.107. The van der Waals surface area contributed by atoms with Gasteiger partial charge in [-0.2, -0.15) is 0 Å². The molecule has 1 fully saturated rings. The number of ether oxygens (including phenoxy) is 2. The van der Waals surface area contributed by atoms with Crippen LogP contribution in [0.2, 0.25) is 0 Å². The Morgan fingerprint density at radius 3 is 2.53 bits per heavy atom. The van der Waals surface area contributed by atoms with Crippen LogP contribution in [0.4, 0.5) is 4.39 Å². The van der Waals surface area contributed by atoms with E-state index in [1.54, 1.807) is 41.3 Å². The fourth-order valence-corrected chi connectivity index (χ4v) is 3.86. The first-order valence-electron chi connectivity index (χ1n) is 9.74. The molecule has 1 amide bonds. The second-order valence-corrected chi connectivity index (χ2v) is 7.07. The van der Waals surface area contributed by atoms with Crippen LogP contribution in [0.25, 0.3) is 11.1 Å². The normalized spacial score (nSPS) is 15.8. The number of rotatable bonds is 5. The smallest absolute Gasteiger partial charge is 0.254 e. The van der Waals surface area contributed by atoms with E-state index in [2.05, 4.69) is 10.2 Å². The maximum atomic E-state index is 14.3. The summed E-state index contributed by atoms with van der Waals surface area (Å²) in [7, 11) is 3.04. The standard InChI is InChI=1S/C23H22FN3O3/c1-29-21-14-18(22(30-2)26-25-21)15-9-11-16(12-10-15)23(28)27-13-5-8-20(27)17-6-3-4-7-19(17)24/h3-4,6-7,9-12,14,20H,5,8,13H2,1-2H3/t20-/m1/s1. The van der Waals surface area contributed by atoms with Crippen molar-refractivity contribution in [2.75, 3.05) is 20.8 Å². The average Bonchev–Trinajstić information content (AvgIpc) is 3.28. The Morgan fingerprint density at radius 1 is 1.07 bits per heavy atom. The van der Waals surface area contributed by atoms with Crippen LogP contribution in [0.1, 0.15) is 34.8 Å². The number of carbonyl (C=O) groups is 1. The van der Waals surface area contributed by atoms with Crippen LogP contribution in [0, 0.1) is 5.82 Å². The van der Waals surface area contributed by atoms with Crippen LogP contribution in [-0.4, -0.2) is 41.8 Å². The van der Waals surface area contributed by atoms with E-state index in [1.807, 2.05) is 12.1 Å². The molecule has 1 aromatic heterocycles. The van der Waals surface area contributed by atoms with Crippen molar-refractivity contribution in [3.05, 3.63) is 71.5 Å². The number of hydrogen-bond donors (Lipinski definition) is 0. The van der Waals surface area contributed by atoms with E-state index >= 15 is 0 Å². The number of carbonyl (C=O) groups excluding carboxylic acids is 1. The first kappa shape index (κ1) is 19.8. The van der Waals surface area contributed by atoms with Crippen molar-refractivity contribution in [3.8, 4) is 22.9 Å². The molecule has 0 bridgehead atoms. The third-order valence-electron chi connectivity index (χ3n) is 5.36. The molecule has 1 atom stereocenters. The highest BCUT2D eigenvalue weighted by Crippen LogP contribution is 2.35. The largest absolute Gasteiger partial charge is 0.480 e. The van der Waals surface area contributed by atoms with Crippen molar-refractivity contribution < 1.29 is 18.7 Å². The van der Waals surface area contributed by atoms with E-state index in [1.165, 1.54) is 20.3 Å². The zero-order valence-electron chi connectivity index (χ0n) is 16.8. The van der Waals surface area contributed by atoms with Crippen LogP contribution < -0.4 is 9.47 Å². The molecule has 0 radical (unpaired) electrons. The van der Waals surface area contributed by atoms with Gasteiger partial charge in [0.15, 0.2) is 0 Å². The summed E-state index contributed by atoms with van der Waals surface area (Å²) in [6, 6.07) is 15.3. The molecule has 1 aliphatic rings. The highest BCUT2D eigenvalue weighted by Gasteiger charge is 2.32. The molecule has 4 rings (SSSR count). The minimum Gasteiger partial charge on any atom is -0.480 e. The summed E-state index contributed by atoms with van der Waals surface area (Å²) in [6.45, 7) is 0.610. The number of methoxy groups -OCH3 is 2. The van der Waals surface area contributed by atoms with E-state index in [4.69, 9.17) is 9.47 Å². The lowest BCUT2D eigenvalue weighted by Crippen LogP contribution is -2.31. The SMILES string of the molecule is COc1cc(-c2ccc(C(=O)N3CCC[C@@H]3c3ccccc3F)cc2)c(OC)nn1. The predicted molar refractivity (Wildman–Crippen MR) is 110 cm³/mol. The van der Waals surface area contributed by atoms with Crippen molar-refractivity contribution in [3.63, 3.8) is 0 Å². The molecule has 0 unspecified atom stereocenters. The predicted octanol–water partition coefficient (Wildman–Crippen LogP) is 4.28. The van der Waals surface area contributed by atoms with Gasteiger partial charge in [0.05, 0.1) is 25.8 Å². The Bertz CT molecular complexity index is 1060. The molecule has 2 heterocycles. The van der Waals surface area contributed by atoms with Crippen molar-refractivity contribution >= 4 is 5.91 Å². The van der Waals surface area contributed by atoms with E-state index < -0.39 is 0 Å². The van der Waals surface area contributed by atoms with Gasteiger partial charge in [-0.15, -0.1) is 10.2 Å². The van der Waals surface area contributed by atoms with Gasteiger partial charge in [-0.05, 0) is 36.6 Å². The summed E-state index contributed by atoms with van der Waals surface area (Å²) >= 11 is 0. The van der Waals surface area contributed by atoms with E-state index in [0.29, 0.717) is 35.0 Å². The number of aromatic nitrogens is 2. The molecule has 0 spiro atoms. The molecule has 2 aromatic carbocycles. The van der Waals surface area contributed by atoms with Crippen LogP contribution in [0.15, 0.2) is 54.6 Å². The lowest BCUT2D eigenvalue weighted by atomic mass is 10.0. The number of halogens is 1. The molecule has 7 heteroatoms. The van der Waals surface area contributed by atoms with Gasteiger partial charge in [-0.3, -0.25) is 4.79 Å². The molecule has 154 valence electrons. The summed E-state index contributed by atoms with van der Waals surface area (Å²) in [6.07, 6.45) is 1.60. The molecule has 6 nitrogen and oxygen atoms in total. The number of amides is 1. The second kappa shape index (κ2) is 8.49. The first-order chi connectivity index (χ1) is 14.6. The van der Waals surface area contributed by atoms with Crippen LogP contribution >= 0.6 is 0 Å². The van der Waals surface area contributed by atoms with E-state index in [-0.39, 0.29) is 17.8 Å². The highest BCUT2D eigenvalue weighted by atomic mass is 19.1. The summed E-state index contributed by atoms with van der Waals surface area (Å²) in [5.74, 6) is 0.360. The monoisotopic (exact) mass is 407 g/mol. The highest BCUT2D eigenvalue weighted by molar-refractivity contribution is 5.95. The molecule has 0 saturated carbocycles. The number of nitrogens with zero attached hydrogens (tertiary/aromatic N) is 3. The Balaban J connectivity index is 1.60. The molecular formula is C23H22FN3O3. The van der Waals surface area contributed by atoms with Crippen molar-refractivity contribution in [2.45, 2.75) is 18.9 Å². The van der Waals surface area contributed by atoms with Gasteiger partial charge in [0.1, 0.15) is 5.82 Å². The van der Waals surface area contributed by atoms with Crippen LogP contribution in [0.3, 0.4) is 0 Å². The fourth-order valence-electron chi connectivity index (χ4n) is 3.86. The Labute approximate surface area is 174 Å². The van der Waals surface area contributed by atoms with Gasteiger partial charge in [0, 0.05) is 23.7 Å². The maximum Gasteiger partial charge on any atom is 0.254 e. The van der Waals surface area contributed by atoms with E-state index in [0.717, 1.165) is 18.4 Å². The molecule has 3 aromatic rings. The zero-order valence-corrected chi connectivity index (χ0v) is 16.8. The lowest BCUT2D eigenvalue weighted by Gasteiger charge is -2.25. The molecule has 0 N–H and O–H groups in total. The first-order valence-corrected chi connectivity index (χ1v) is 9.74. The lowest BCUT2D eigenvalue weighted by molar-refractivity contribution is 0.0733.